The topological polar surface area (TPSA) is 11.4 Å². The summed E-state index contributed by atoms with van der Waals surface area (Å²) in [5.74, 6) is 0. The van der Waals surface area contributed by atoms with E-state index in [1.54, 1.807) is 0 Å². The van der Waals surface area contributed by atoms with E-state index in [0.29, 0.717) is 0 Å². The predicted octanol–water partition coefficient (Wildman–Crippen LogP) is 19.0. The third-order valence-corrected chi connectivity index (χ3v) is 13.7. The normalized spacial score (nSPS) is 11.2. The lowest BCUT2D eigenvalue weighted by molar-refractivity contribution is 1.18. The average Bonchev–Trinajstić information content (AvgIpc) is 3.78. The number of rotatable bonds is 11. The van der Waals surface area contributed by atoms with Crippen LogP contribution in [0.4, 0.5) is 34.1 Å². The Bertz CT molecular complexity index is 3750. The smallest absolute Gasteiger partial charge is 0.0619 e. The minimum atomic E-state index is 1.09. The van der Waals surface area contributed by atoms with E-state index >= 15 is 0 Å². The van der Waals surface area contributed by atoms with Crippen LogP contribution in [0.2, 0.25) is 0 Å². The maximum Gasteiger partial charge on any atom is 0.0619 e. The third kappa shape index (κ3) is 8.45. The molecule has 71 heavy (non-hydrogen) atoms. The number of hydrogen-bond donors (Lipinski definition) is 0. The lowest BCUT2D eigenvalue weighted by atomic mass is 9.95. The first-order valence-corrected chi connectivity index (χ1v) is 24.4. The Kier molecular flexibility index (Phi) is 11.4. The lowest BCUT2D eigenvalue weighted by Gasteiger charge is -2.26. The van der Waals surface area contributed by atoms with E-state index in [4.69, 9.17) is 0 Å². The number of nitrogens with zero attached hydrogens (tertiary/aromatic N) is 3. The van der Waals surface area contributed by atoms with Crippen LogP contribution in [-0.2, 0) is 0 Å². The largest absolute Gasteiger partial charge is 0.311 e. The molecule has 0 atom stereocenters. The summed E-state index contributed by atoms with van der Waals surface area (Å²) in [5.41, 5.74) is 22.0. The van der Waals surface area contributed by atoms with Crippen molar-refractivity contribution in [3.05, 3.63) is 284 Å². The van der Waals surface area contributed by atoms with Crippen molar-refractivity contribution in [3.8, 4) is 50.2 Å². The van der Waals surface area contributed by atoms with Crippen molar-refractivity contribution in [2.45, 2.75) is 13.8 Å². The Morgan fingerprint density at radius 3 is 1.04 bits per heavy atom. The molecule has 1 heterocycles. The van der Waals surface area contributed by atoms with Gasteiger partial charge < -0.3 is 14.4 Å². The number of fused-ring (bicyclic) bond motifs is 3. The molecule has 12 aromatic rings. The molecule has 0 spiro atoms. The van der Waals surface area contributed by atoms with Gasteiger partial charge in [-0.05, 0) is 156 Å². The van der Waals surface area contributed by atoms with Crippen molar-refractivity contribution >= 4 is 55.9 Å². The van der Waals surface area contributed by atoms with Crippen LogP contribution in [-0.4, -0.2) is 4.57 Å². The minimum Gasteiger partial charge on any atom is -0.311 e. The molecule has 0 amide bonds. The van der Waals surface area contributed by atoms with Crippen LogP contribution in [0.25, 0.3) is 72.0 Å². The van der Waals surface area contributed by atoms with Crippen molar-refractivity contribution in [2.75, 3.05) is 9.80 Å². The second-order valence-electron chi connectivity index (χ2n) is 18.4. The molecule has 0 radical (unpaired) electrons. The van der Waals surface area contributed by atoms with E-state index in [0.717, 1.165) is 56.5 Å². The van der Waals surface area contributed by atoms with Gasteiger partial charge in [0.1, 0.15) is 0 Å². The number of anilines is 6. The molecule has 0 aliphatic rings. The zero-order valence-corrected chi connectivity index (χ0v) is 39.8. The van der Waals surface area contributed by atoms with E-state index in [1.165, 1.54) is 60.8 Å². The van der Waals surface area contributed by atoms with Crippen molar-refractivity contribution in [3.63, 3.8) is 0 Å². The fraction of sp³-hybridized carbons (Fsp3) is 0.0294. The van der Waals surface area contributed by atoms with Gasteiger partial charge in [-0.3, -0.25) is 0 Å². The SMILES string of the molecule is Cc1ccc(N(c2ccc(-c3ccccc3)cc2)c2ccc(-c3cc(-c4ccc(N(c5ccc(C)cc5)c5ccc(-c6ccccc6)cc5)cc4)c4c(c3)c3ccccc3n4-c3ccccc3)cc2)cc1. The zero-order valence-electron chi connectivity index (χ0n) is 39.8. The summed E-state index contributed by atoms with van der Waals surface area (Å²) in [6.45, 7) is 4.28. The molecule has 0 fully saturated rings. The van der Waals surface area contributed by atoms with Gasteiger partial charge >= 0.3 is 0 Å². The van der Waals surface area contributed by atoms with Gasteiger partial charge in [-0.15, -0.1) is 0 Å². The molecule has 1 aromatic heterocycles. The molecule has 0 N–H and O–H groups in total. The van der Waals surface area contributed by atoms with Crippen LogP contribution in [0.5, 0.6) is 0 Å². The number of benzene rings is 11. The number of para-hydroxylation sites is 2. The van der Waals surface area contributed by atoms with E-state index in [1.807, 2.05) is 0 Å². The summed E-state index contributed by atoms with van der Waals surface area (Å²) in [4.78, 5) is 4.70. The molecule has 11 aromatic carbocycles. The van der Waals surface area contributed by atoms with Gasteiger partial charge in [0, 0.05) is 56.1 Å². The molecule has 0 bridgehead atoms. The second kappa shape index (κ2) is 18.7. The van der Waals surface area contributed by atoms with Crippen LogP contribution in [0.3, 0.4) is 0 Å². The molecular formula is C68H51N3. The van der Waals surface area contributed by atoms with Crippen LogP contribution in [0, 0.1) is 13.8 Å². The van der Waals surface area contributed by atoms with E-state index < -0.39 is 0 Å². The highest BCUT2D eigenvalue weighted by atomic mass is 15.1. The van der Waals surface area contributed by atoms with E-state index in [-0.39, 0.29) is 0 Å². The van der Waals surface area contributed by atoms with Gasteiger partial charge in [-0.25, -0.2) is 0 Å². The lowest BCUT2D eigenvalue weighted by Crippen LogP contribution is -2.10. The first kappa shape index (κ1) is 43.1. The molecule has 0 unspecified atom stereocenters. The number of aromatic nitrogens is 1. The van der Waals surface area contributed by atoms with Crippen LogP contribution >= 0.6 is 0 Å². The van der Waals surface area contributed by atoms with E-state index in [2.05, 4.69) is 301 Å². The summed E-state index contributed by atoms with van der Waals surface area (Å²) < 4.78 is 2.44. The molecule has 0 aliphatic heterocycles. The van der Waals surface area contributed by atoms with Gasteiger partial charge in [0.25, 0.3) is 0 Å². The molecule has 12 rings (SSSR count). The summed E-state index contributed by atoms with van der Waals surface area (Å²) in [6, 6.07) is 99.2. The third-order valence-electron chi connectivity index (χ3n) is 13.7. The van der Waals surface area contributed by atoms with Gasteiger partial charge in [-0.1, -0.05) is 181 Å². The Labute approximate surface area is 416 Å². The number of aryl methyl sites for hydroxylation is 2. The molecule has 3 nitrogen and oxygen atoms in total. The Morgan fingerprint density at radius 2 is 0.606 bits per heavy atom. The summed E-state index contributed by atoms with van der Waals surface area (Å²) in [7, 11) is 0. The van der Waals surface area contributed by atoms with Crippen molar-refractivity contribution in [2.24, 2.45) is 0 Å². The number of hydrogen-bond acceptors (Lipinski definition) is 2. The summed E-state index contributed by atoms with van der Waals surface area (Å²) >= 11 is 0. The Balaban J connectivity index is 0.977. The molecule has 0 saturated heterocycles. The molecule has 0 saturated carbocycles. The zero-order chi connectivity index (χ0) is 47.7. The second-order valence-corrected chi connectivity index (χ2v) is 18.4. The van der Waals surface area contributed by atoms with Gasteiger partial charge in [0.2, 0.25) is 0 Å². The fourth-order valence-electron chi connectivity index (χ4n) is 10.1. The van der Waals surface area contributed by atoms with Crippen LogP contribution in [0.15, 0.2) is 273 Å². The van der Waals surface area contributed by atoms with Gasteiger partial charge in [-0.2, -0.15) is 0 Å². The summed E-state index contributed by atoms with van der Waals surface area (Å²) in [5, 5.41) is 2.43. The molecule has 338 valence electrons. The minimum absolute atomic E-state index is 1.09. The van der Waals surface area contributed by atoms with Crippen molar-refractivity contribution < 1.29 is 0 Å². The summed E-state index contributed by atoms with van der Waals surface area (Å²) in [6.07, 6.45) is 0. The predicted molar refractivity (Wildman–Crippen MR) is 301 cm³/mol. The Hall–Kier alpha value is -9.18. The highest BCUT2D eigenvalue weighted by Gasteiger charge is 2.21. The van der Waals surface area contributed by atoms with Gasteiger partial charge in [0.15, 0.2) is 0 Å². The maximum atomic E-state index is 2.44. The quantitative estimate of drug-likeness (QED) is 0.128. The monoisotopic (exact) mass is 909 g/mol. The van der Waals surface area contributed by atoms with Crippen molar-refractivity contribution in [1.29, 1.82) is 0 Å². The maximum absolute atomic E-state index is 2.44. The van der Waals surface area contributed by atoms with Crippen molar-refractivity contribution in [1.82, 2.24) is 4.57 Å². The molecule has 3 heteroatoms. The fourth-order valence-corrected chi connectivity index (χ4v) is 10.1. The van der Waals surface area contributed by atoms with Crippen LogP contribution in [0.1, 0.15) is 11.1 Å². The highest BCUT2D eigenvalue weighted by Crippen LogP contribution is 2.44. The molecule has 0 aliphatic carbocycles. The van der Waals surface area contributed by atoms with Crippen LogP contribution < -0.4 is 9.80 Å². The average molecular weight is 910 g/mol. The highest BCUT2D eigenvalue weighted by molar-refractivity contribution is 6.15. The first-order valence-electron chi connectivity index (χ1n) is 24.4. The van der Waals surface area contributed by atoms with Gasteiger partial charge in [0.05, 0.1) is 11.0 Å². The first-order chi connectivity index (χ1) is 35.0. The molecular weight excluding hydrogens is 859 g/mol. The Morgan fingerprint density at radius 1 is 0.268 bits per heavy atom. The standard InChI is InChI=1S/C68H51N3/c1-48-22-34-58(35-23-48)69(60-38-26-52(27-39-60)50-14-6-3-7-15-50)62-42-30-54(31-43-62)56-46-65(68-66(47-56)64-20-12-13-21-67(64)71(68)57-18-10-5-11-19-57)55-32-44-63(45-33-55)70(59-36-24-49(2)25-37-59)61-40-28-53(29-41-61)51-16-8-4-9-17-51/h3-47H,1-2H3. The van der Waals surface area contributed by atoms with E-state index in [9.17, 15) is 0 Å².